The fourth-order valence-corrected chi connectivity index (χ4v) is 2.02. The largest absolute Gasteiger partial charge is 0.357 e. The molecule has 82 valence electrons. The molecular formula is C12H19N3. The predicted molar refractivity (Wildman–Crippen MR) is 62.8 cm³/mol. The number of nitrogens with two attached hydrogens (primary N) is 1. The van der Waals surface area contributed by atoms with Gasteiger partial charge in [-0.05, 0) is 36.9 Å². The molecule has 2 rings (SSSR count). The van der Waals surface area contributed by atoms with Crippen LogP contribution in [0.15, 0.2) is 24.4 Å². The lowest BCUT2D eigenvalue weighted by Gasteiger charge is -2.39. The van der Waals surface area contributed by atoms with Gasteiger partial charge in [0.2, 0.25) is 0 Å². The molecule has 2 heterocycles. The standard InChI is InChI=1S/C12H19N3/c1-12(10-13)5-8-15(9-6-12)11-4-2-3-7-14-11/h2-4,7H,5-6,8-10,13H2,1H3. The van der Waals surface area contributed by atoms with Crippen molar-refractivity contribution in [3.8, 4) is 0 Å². The summed E-state index contributed by atoms with van der Waals surface area (Å²) in [7, 11) is 0. The Labute approximate surface area is 91.3 Å². The summed E-state index contributed by atoms with van der Waals surface area (Å²) in [5, 5.41) is 0. The number of rotatable bonds is 2. The molecule has 15 heavy (non-hydrogen) atoms. The first-order valence-electron chi connectivity index (χ1n) is 5.60. The Morgan fingerprint density at radius 3 is 2.67 bits per heavy atom. The quantitative estimate of drug-likeness (QED) is 0.798. The third-order valence-corrected chi connectivity index (χ3v) is 3.44. The van der Waals surface area contributed by atoms with Gasteiger partial charge in [0.05, 0.1) is 0 Å². The number of nitrogens with zero attached hydrogens (tertiary/aromatic N) is 2. The van der Waals surface area contributed by atoms with Crippen molar-refractivity contribution in [3.63, 3.8) is 0 Å². The van der Waals surface area contributed by atoms with E-state index in [0.29, 0.717) is 5.41 Å². The molecular weight excluding hydrogens is 186 g/mol. The zero-order valence-electron chi connectivity index (χ0n) is 9.32. The van der Waals surface area contributed by atoms with Gasteiger partial charge in [-0.2, -0.15) is 0 Å². The summed E-state index contributed by atoms with van der Waals surface area (Å²) in [6.45, 7) is 5.22. The van der Waals surface area contributed by atoms with Crippen LogP contribution in [0.5, 0.6) is 0 Å². The molecule has 2 N–H and O–H groups in total. The van der Waals surface area contributed by atoms with Crippen LogP contribution >= 0.6 is 0 Å². The summed E-state index contributed by atoms with van der Waals surface area (Å²) in [5.74, 6) is 1.09. The van der Waals surface area contributed by atoms with E-state index in [4.69, 9.17) is 5.73 Å². The highest BCUT2D eigenvalue weighted by atomic mass is 15.2. The second kappa shape index (κ2) is 4.19. The fraction of sp³-hybridized carbons (Fsp3) is 0.583. The zero-order chi connectivity index (χ0) is 10.7. The predicted octanol–water partition coefficient (Wildman–Crippen LogP) is 1.65. The monoisotopic (exact) mass is 205 g/mol. The molecule has 3 heteroatoms. The maximum Gasteiger partial charge on any atom is 0.128 e. The van der Waals surface area contributed by atoms with Crippen molar-refractivity contribution in [3.05, 3.63) is 24.4 Å². The highest BCUT2D eigenvalue weighted by Crippen LogP contribution is 2.30. The average molecular weight is 205 g/mol. The molecule has 1 fully saturated rings. The van der Waals surface area contributed by atoms with Crippen LogP contribution in [0.25, 0.3) is 0 Å². The Hall–Kier alpha value is -1.09. The molecule has 0 spiro atoms. The normalized spacial score (nSPS) is 20.3. The van der Waals surface area contributed by atoms with E-state index in [2.05, 4.69) is 22.9 Å². The van der Waals surface area contributed by atoms with Crippen LogP contribution in [0.1, 0.15) is 19.8 Å². The topological polar surface area (TPSA) is 42.1 Å². The number of piperidine rings is 1. The van der Waals surface area contributed by atoms with E-state index in [0.717, 1.165) is 25.5 Å². The van der Waals surface area contributed by atoms with Gasteiger partial charge in [-0.3, -0.25) is 0 Å². The Bertz CT molecular complexity index is 302. The maximum atomic E-state index is 5.79. The van der Waals surface area contributed by atoms with E-state index < -0.39 is 0 Å². The fourth-order valence-electron chi connectivity index (χ4n) is 2.02. The number of hydrogen-bond acceptors (Lipinski definition) is 3. The molecule has 0 bridgehead atoms. The van der Waals surface area contributed by atoms with Gasteiger partial charge in [-0.25, -0.2) is 4.98 Å². The molecule has 1 saturated heterocycles. The number of pyridine rings is 1. The van der Waals surface area contributed by atoms with Crippen molar-refractivity contribution in [1.29, 1.82) is 0 Å². The Morgan fingerprint density at radius 2 is 2.13 bits per heavy atom. The lowest BCUT2D eigenvalue weighted by atomic mass is 9.80. The summed E-state index contributed by atoms with van der Waals surface area (Å²) < 4.78 is 0. The Morgan fingerprint density at radius 1 is 1.40 bits per heavy atom. The van der Waals surface area contributed by atoms with Gasteiger partial charge in [-0.1, -0.05) is 13.0 Å². The molecule has 0 aliphatic carbocycles. The second-order valence-electron chi connectivity index (χ2n) is 4.69. The minimum absolute atomic E-state index is 0.339. The number of aromatic nitrogens is 1. The molecule has 3 nitrogen and oxygen atoms in total. The maximum absolute atomic E-state index is 5.79. The van der Waals surface area contributed by atoms with Crippen LogP contribution in [-0.4, -0.2) is 24.6 Å². The SMILES string of the molecule is CC1(CN)CCN(c2ccccn2)CC1. The summed E-state index contributed by atoms with van der Waals surface area (Å²) in [6, 6.07) is 6.07. The van der Waals surface area contributed by atoms with Crippen molar-refractivity contribution in [2.24, 2.45) is 11.1 Å². The van der Waals surface area contributed by atoms with Crippen molar-refractivity contribution in [1.82, 2.24) is 4.98 Å². The van der Waals surface area contributed by atoms with Crippen LogP contribution in [0, 0.1) is 5.41 Å². The Kier molecular flexibility index (Phi) is 2.91. The van der Waals surface area contributed by atoms with Crippen LogP contribution in [0.2, 0.25) is 0 Å². The molecule has 1 aliphatic rings. The summed E-state index contributed by atoms with van der Waals surface area (Å²) in [6.07, 6.45) is 4.19. The van der Waals surface area contributed by atoms with E-state index in [1.165, 1.54) is 12.8 Å². The minimum Gasteiger partial charge on any atom is -0.357 e. The molecule has 1 aromatic heterocycles. The van der Waals surface area contributed by atoms with E-state index in [1.807, 2.05) is 18.3 Å². The van der Waals surface area contributed by atoms with E-state index >= 15 is 0 Å². The van der Waals surface area contributed by atoms with Gasteiger partial charge in [-0.15, -0.1) is 0 Å². The molecule has 1 aromatic rings. The smallest absolute Gasteiger partial charge is 0.128 e. The van der Waals surface area contributed by atoms with Gasteiger partial charge in [0.25, 0.3) is 0 Å². The van der Waals surface area contributed by atoms with Crippen LogP contribution in [0.3, 0.4) is 0 Å². The molecule has 0 amide bonds. The first-order chi connectivity index (χ1) is 7.23. The minimum atomic E-state index is 0.339. The second-order valence-corrected chi connectivity index (χ2v) is 4.69. The number of anilines is 1. The molecule has 0 aromatic carbocycles. The third kappa shape index (κ3) is 2.29. The molecule has 0 atom stereocenters. The molecule has 0 radical (unpaired) electrons. The van der Waals surface area contributed by atoms with Crippen LogP contribution in [-0.2, 0) is 0 Å². The van der Waals surface area contributed by atoms with Crippen LogP contribution < -0.4 is 10.6 Å². The lowest BCUT2D eigenvalue weighted by Crippen LogP contribution is -2.42. The summed E-state index contributed by atoms with van der Waals surface area (Å²) in [4.78, 5) is 6.72. The summed E-state index contributed by atoms with van der Waals surface area (Å²) >= 11 is 0. The Balaban J connectivity index is 2.00. The van der Waals surface area contributed by atoms with Gasteiger partial charge < -0.3 is 10.6 Å². The van der Waals surface area contributed by atoms with Crippen molar-refractivity contribution in [2.45, 2.75) is 19.8 Å². The third-order valence-electron chi connectivity index (χ3n) is 3.44. The van der Waals surface area contributed by atoms with E-state index in [1.54, 1.807) is 0 Å². The first-order valence-corrected chi connectivity index (χ1v) is 5.60. The van der Waals surface area contributed by atoms with Gasteiger partial charge >= 0.3 is 0 Å². The van der Waals surface area contributed by atoms with Gasteiger partial charge in [0, 0.05) is 19.3 Å². The van der Waals surface area contributed by atoms with Crippen molar-refractivity contribution in [2.75, 3.05) is 24.5 Å². The van der Waals surface area contributed by atoms with Crippen LogP contribution in [0.4, 0.5) is 5.82 Å². The summed E-state index contributed by atoms with van der Waals surface area (Å²) in [5.41, 5.74) is 6.13. The molecule has 1 aliphatic heterocycles. The highest BCUT2D eigenvalue weighted by Gasteiger charge is 2.28. The lowest BCUT2D eigenvalue weighted by molar-refractivity contribution is 0.258. The van der Waals surface area contributed by atoms with E-state index in [9.17, 15) is 0 Å². The van der Waals surface area contributed by atoms with Crippen molar-refractivity contribution < 1.29 is 0 Å². The molecule has 0 unspecified atom stereocenters. The molecule has 0 saturated carbocycles. The first kappa shape index (κ1) is 10.4. The van der Waals surface area contributed by atoms with Gasteiger partial charge in [0.1, 0.15) is 5.82 Å². The number of hydrogen-bond donors (Lipinski definition) is 1. The average Bonchev–Trinajstić information content (AvgIpc) is 2.31. The highest BCUT2D eigenvalue weighted by molar-refractivity contribution is 5.38. The van der Waals surface area contributed by atoms with Gasteiger partial charge in [0.15, 0.2) is 0 Å². The van der Waals surface area contributed by atoms with Crippen molar-refractivity contribution >= 4 is 5.82 Å². The zero-order valence-corrected chi connectivity index (χ0v) is 9.32. The van der Waals surface area contributed by atoms with E-state index in [-0.39, 0.29) is 0 Å².